The number of rotatable bonds is 6. The van der Waals surface area contributed by atoms with E-state index in [1.807, 2.05) is 47.8 Å². The number of hydrogen-bond acceptors (Lipinski definition) is 6. The number of amides is 1. The molecule has 180 valence electrons. The smallest absolute Gasteiger partial charge is 0.247 e. The summed E-state index contributed by atoms with van der Waals surface area (Å²) in [7, 11) is 1.94. The highest BCUT2D eigenvalue weighted by atomic mass is 16.2. The molecule has 1 fully saturated rings. The maximum Gasteiger partial charge on any atom is 0.247 e. The van der Waals surface area contributed by atoms with Crippen LogP contribution >= 0.6 is 0 Å². The second-order valence-corrected chi connectivity index (χ2v) is 9.62. The molecule has 0 spiro atoms. The number of fused-ring (bicyclic) bond motifs is 2. The van der Waals surface area contributed by atoms with Crippen molar-refractivity contribution < 1.29 is 9.59 Å². The van der Waals surface area contributed by atoms with Gasteiger partial charge in [-0.1, -0.05) is 18.2 Å². The molecule has 0 N–H and O–H groups in total. The molecule has 0 atom stereocenters. The summed E-state index contributed by atoms with van der Waals surface area (Å²) < 4.78 is 5.41. The minimum atomic E-state index is -0.171. The second kappa shape index (κ2) is 8.44. The number of carbonyl (C=O) groups is 2. The Morgan fingerprint density at radius 2 is 1.89 bits per heavy atom. The first kappa shape index (κ1) is 21.7. The molecule has 4 heterocycles. The van der Waals surface area contributed by atoms with Crippen LogP contribution < -0.4 is 0 Å². The molecule has 10 nitrogen and oxygen atoms in total. The summed E-state index contributed by atoms with van der Waals surface area (Å²) in [5, 5.41) is 18.6. The third-order valence-corrected chi connectivity index (χ3v) is 7.14. The molecule has 0 saturated heterocycles. The number of nitrogens with zero attached hydrogens (tertiary/aromatic N) is 8. The number of para-hydroxylation sites is 1. The van der Waals surface area contributed by atoms with Crippen LogP contribution in [0.4, 0.5) is 0 Å². The average molecular weight is 473 g/mol. The molecular weight excluding hydrogens is 444 g/mol. The molecule has 4 aromatic rings. The molecule has 2 aliphatic rings. The summed E-state index contributed by atoms with van der Waals surface area (Å²) in [6.45, 7) is 3.86. The van der Waals surface area contributed by atoms with Gasteiger partial charge in [0, 0.05) is 62.6 Å². The summed E-state index contributed by atoms with van der Waals surface area (Å²) in [6.07, 6.45) is 5.24. The van der Waals surface area contributed by atoms with E-state index in [0.29, 0.717) is 19.0 Å². The second-order valence-electron chi connectivity index (χ2n) is 9.62. The SMILES string of the molecule is Cc1nn(C(=O)CCC(=O)N2CCc3c(c(-c4nncn4CC4CC4)nn3C)C2)c2ccccc12. The van der Waals surface area contributed by atoms with E-state index < -0.39 is 0 Å². The molecule has 0 radical (unpaired) electrons. The summed E-state index contributed by atoms with van der Waals surface area (Å²) in [4.78, 5) is 27.8. The fourth-order valence-corrected chi connectivity index (χ4v) is 5.03. The normalized spacial score (nSPS) is 15.5. The van der Waals surface area contributed by atoms with Gasteiger partial charge in [0.05, 0.1) is 11.2 Å². The predicted octanol–water partition coefficient (Wildman–Crippen LogP) is 2.75. The molecule has 1 saturated carbocycles. The average Bonchev–Trinajstić information content (AvgIpc) is 3.32. The summed E-state index contributed by atoms with van der Waals surface area (Å²) in [5.41, 5.74) is 4.53. The van der Waals surface area contributed by atoms with E-state index in [4.69, 9.17) is 5.10 Å². The first-order chi connectivity index (χ1) is 17.0. The fourth-order valence-electron chi connectivity index (χ4n) is 5.03. The van der Waals surface area contributed by atoms with Crippen LogP contribution in [0.15, 0.2) is 30.6 Å². The Bertz CT molecular complexity index is 1440. The highest BCUT2D eigenvalue weighted by Crippen LogP contribution is 2.33. The Morgan fingerprint density at radius 1 is 1.09 bits per heavy atom. The van der Waals surface area contributed by atoms with Crippen LogP contribution in [-0.4, -0.2) is 57.6 Å². The van der Waals surface area contributed by atoms with E-state index in [1.165, 1.54) is 17.5 Å². The predicted molar refractivity (Wildman–Crippen MR) is 128 cm³/mol. The highest BCUT2D eigenvalue weighted by Gasteiger charge is 2.30. The number of carbonyl (C=O) groups excluding carboxylic acids is 2. The minimum absolute atomic E-state index is 0.0357. The Kier molecular flexibility index (Phi) is 5.23. The molecular formula is C25H28N8O2. The van der Waals surface area contributed by atoms with Gasteiger partial charge in [0.15, 0.2) is 5.82 Å². The van der Waals surface area contributed by atoms with Crippen molar-refractivity contribution in [2.45, 2.75) is 52.1 Å². The Hall–Kier alpha value is -3.82. The lowest BCUT2D eigenvalue weighted by Gasteiger charge is -2.27. The molecule has 10 heteroatoms. The molecule has 6 rings (SSSR count). The topological polar surface area (TPSA) is 104 Å². The molecule has 1 aromatic carbocycles. The lowest BCUT2D eigenvalue weighted by molar-refractivity contribution is -0.132. The Balaban J connectivity index is 1.17. The zero-order valence-corrected chi connectivity index (χ0v) is 20.0. The van der Waals surface area contributed by atoms with Gasteiger partial charge in [-0.25, -0.2) is 0 Å². The van der Waals surface area contributed by atoms with E-state index in [-0.39, 0.29) is 24.7 Å². The zero-order chi connectivity index (χ0) is 24.1. The van der Waals surface area contributed by atoms with Crippen molar-refractivity contribution in [1.82, 2.24) is 39.2 Å². The molecule has 1 aliphatic carbocycles. The quantitative estimate of drug-likeness (QED) is 0.427. The van der Waals surface area contributed by atoms with Gasteiger partial charge in [0.25, 0.3) is 0 Å². The van der Waals surface area contributed by atoms with Gasteiger partial charge in [-0.3, -0.25) is 14.3 Å². The zero-order valence-electron chi connectivity index (χ0n) is 20.0. The number of aryl methyl sites for hydroxylation is 2. The van der Waals surface area contributed by atoms with E-state index in [0.717, 1.165) is 52.3 Å². The van der Waals surface area contributed by atoms with Gasteiger partial charge in [-0.2, -0.15) is 14.9 Å². The van der Waals surface area contributed by atoms with Gasteiger partial charge < -0.3 is 9.47 Å². The number of hydrogen-bond donors (Lipinski definition) is 0. The third-order valence-electron chi connectivity index (χ3n) is 7.14. The fraction of sp³-hybridized carbons (Fsp3) is 0.440. The maximum absolute atomic E-state index is 13.1. The van der Waals surface area contributed by atoms with E-state index >= 15 is 0 Å². The van der Waals surface area contributed by atoms with Crippen molar-refractivity contribution in [2.75, 3.05) is 6.54 Å². The molecule has 3 aromatic heterocycles. The van der Waals surface area contributed by atoms with Gasteiger partial charge in [-0.05, 0) is 31.7 Å². The van der Waals surface area contributed by atoms with E-state index in [9.17, 15) is 9.59 Å². The van der Waals surface area contributed by atoms with Crippen molar-refractivity contribution in [3.05, 3.63) is 47.5 Å². The van der Waals surface area contributed by atoms with Gasteiger partial charge in [-0.15, -0.1) is 10.2 Å². The Labute approximate surface area is 202 Å². The lowest BCUT2D eigenvalue weighted by Crippen LogP contribution is -2.36. The van der Waals surface area contributed by atoms with Crippen LogP contribution in [0.1, 0.15) is 47.4 Å². The third kappa shape index (κ3) is 3.92. The van der Waals surface area contributed by atoms with Crippen LogP contribution in [-0.2, 0) is 31.4 Å². The monoisotopic (exact) mass is 472 g/mol. The molecule has 35 heavy (non-hydrogen) atoms. The summed E-state index contributed by atoms with van der Waals surface area (Å²) in [6, 6.07) is 7.66. The van der Waals surface area contributed by atoms with Crippen LogP contribution in [0.2, 0.25) is 0 Å². The van der Waals surface area contributed by atoms with Gasteiger partial charge in [0.2, 0.25) is 11.8 Å². The van der Waals surface area contributed by atoms with Crippen LogP contribution in [0.25, 0.3) is 22.4 Å². The Morgan fingerprint density at radius 3 is 2.71 bits per heavy atom. The first-order valence-electron chi connectivity index (χ1n) is 12.2. The molecule has 1 aliphatic heterocycles. The van der Waals surface area contributed by atoms with Crippen LogP contribution in [0.5, 0.6) is 0 Å². The standard InChI is InChI=1S/C25H28N8O2/c1-16-18-5-3-4-6-21(18)33(28-16)23(35)10-9-22(34)31-12-11-20-19(14-31)24(29-30(20)2)25-27-26-15-32(25)13-17-7-8-17/h3-6,15,17H,7-14H2,1-2H3. The summed E-state index contributed by atoms with van der Waals surface area (Å²) >= 11 is 0. The van der Waals surface area contributed by atoms with E-state index in [1.54, 1.807) is 6.33 Å². The van der Waals surface area contributed by atoms with Gasteiger partial charge >= 0.3 is 0 Å². The number of aromatic nitrogens is 7. The van der Waals surface area contributed by atoms with Crippen molar-refractivity contribution in [1.29, 1.82) is 0 Å². The van der Waals surface area contributed by atoms with Crippen molar-refractivity contribution in [3.63, 3.8) is 0 Å². The van der Waals surface area contributed by atoms with E-state index in [2.05, 4.69) is 19.9 Å². The lowest BCUT2D eigenvalue weighted by atomic mass is 10.0. The van der Waals surface area contributed by atoms with Crippen molar-refractivity contribution >= 4 is 22.7 Å². The first-order valence-corrected chi connectivity index (χ1v) is 12.2. The molecule has 1 amide bonds. The van der Waals surface area contributed by atoms with Crippen molar-refractivity contribution in [2.24, 2.45) is 13.0 Å². The van der Waals surface area contributed by atoms with Crippen LogP contribution in [0, 0.1) is 12.8 Å². The molecule has 0 unspecified atom stereocenters. The van der Waals surface area contributed by atoms with Crippen molar-refractivity contribution in [3.8, 4) is 11.5 Å². The van der Waals surface area contributed by atoms with Gasteiger partial charge in [0.1, 0.15) is 12.0 Å². The number of benzene rings is 1. The maximum atomic E-state index is 13.1. The minimum Gasteiger partial charge on any atom is -0.338 e. The van der Waals surface area contributed by atoms with Crippen LogP contribution in [0.3, 0.4) is 0 Å². The summed E-state index contributed by atoms with van der Waals surface area (Å²) in [5.74, 6) is 1.25. The molecule has 0 bridgehead atoms. The highest BCUT2D eigenvalue weighted by molar-refractivity contribution is 5.93. The largest absolute Gasteiger partial charge is 0.338 e.